The minimum atomic E-state index is -3.46. The summed E-state index contributed by atoms with van der Waals surface area (Å²) >= 11 is 3.06. The van der Waals surface area contributed by atoms with E-state index >= 15 is 0 Å². The van der Waals surface area contributed by atoms with E-state index in [1.165, 1.54) is 6.07 Å². The smallest absolute Gasteiger partial charge is 0.233 e. The van der Waals surface area contributed by atoms with Gasteiger partial charge in [-0.3, -0.25) is 4.72 Å². The van der Waals surface area contributed by atoms with Crippen molar-refractivity contribution in [1.29, 1.82) is 0 Å². The van der Waals surface area contributed by atoms with Crippen LogP contribution < -0.4 is 10.0 Å². The molecular weight excluding hydrogens is 335 g/mol. The third kappa shape index (κ3) is 5.46. The van der Waals surface area contributed by atoms with Crippen molar-refractivity contribution in [2.45, 2.75) is 20.3 Å². The van der Waals surface area contributed by atoms with Crippen LogP contribution in [0.3, 0.4) is 0 Å². The van der Waals surface area contributed by atoms with Crippen LogP contribution in [0.2, 0.25) is 0 Å². The van der Waals surface area contributed by atoms with Crippen LogP contribution in [0.4, 0.5) is 10.1 Å². The van der Waals surface area contributed by atoms with Crippen molar-refractivity contribution < 1.29 is 12.8 Å². The Morgan fingerprint density at radius 2 is 2.00 bits per heavy atom. The average molecular weight is 353 g/mol. The van der Waals surface area contributed by atoms with Gasteiger partial charge in [-0.05, 0) is 53.5 Å². The van der Waals surface area contributed by atoms with Crippen molar-refractivity contribution in [2.24, 2.45) is 0 Å². The Balaban J connectivity index is 2.70. The van der Waals surface area contributed by atoms with Gasteiger partial charge < -0.3 is 5.32 Å². The molecule has 0 radical (unpaired) electrons. The molecule has 0 aliphatic carbocycles. The Morgan fingerprint density at radius 3 is 2.63 bits per heavy atom. The Labute approximate surface area is 122 Å². The molecule has 108 valence electrons. The molecule has 0 bridgehead atoms. The van der Waals surface area contributed by atoms with E-state index in [-0.39, 0.29) is 11.4 Å². The van der Waals surface area contributed by atoms with Crippen LogP contribution in [0, 0.1) is 12.7 Å². The van der Waals surface area contributed by atoms with Gasteiger partial charge in [0.25, 0.3) is 0 Å². The van der Waals surface area contributed by atoms with Crippen molar-refractivity contribution in [3.63, 3.8) is 0 Å². The second-order valence-electron chi connectivity index (χ2n) is 4.25. The minimum absolute atomic E-state index is 0.0376. The van der Waals surface area contributed by atoms with E-state index in [0.29, 0.717) is 16.6 Å². The van der Waals surface area contributed by atoms with Crippen molar-refractivity contribution in [3.05, 3.63) is 28.0 Å². The summed E-state index contributed by atoms with van der Waals surface area (Å²) in [5, 5.41) is 3.01. The van der Waals surface area contributed by atoms with E-state index in [4.69, 9.17) is 0 Å². The summed E-state index contributed by atoms with van der Waals surface area (Å²) in [6.45, 7) is 4.88. The predicted molar refractivity (Wildman–Crippen MR) is 79.4 cm³/mol. The van der Waals surface area contributed by atoms with Gasteiger partial charge in [0, 0.05) is 6.54 Å². The van der Waals surface area contributed by atoms with Crippen LogP contribution >= 0.6 is 15.9 Å². The zero-order valence-corrected chi connectivity index (χ0v) is 13.4. The Hall–Kier alpha value is -0.660. The van der Waals surface area contributed by atoms with Crippen LogP contribution in [-0.2, 0) is 10.0 Å². The molecule has 0 fully saturated rings. The fraction of sp³-hybridized carbons (Fsp3) is 0.500. The lowest BCUT2D eigenvalue weighted by Gasteiger charge is -2.11. The first kappa shape index (κ1) is 16.4. The molecular formula is C12H18BrFN2O2S. The molecule has 0 aromatic heterocycles. The number of aryl methyl sites for hydroxylation is 1. The average Bonchev–Trinajstić information content (AvgIpc) is 2.31. The predicted octanol–water partition coefficient (Wildman–Crippen LogP) is 2.64. The van der Waals surface area contributed by atoms with Gasteiger partial charge in [-0.25, -0.2) is 12.8 Å². The Morgan fingerprint density at radius 1 is 1.32 bits per heavy atom. The highest BCUT2D eigenvalue weighted by molar-refractivity contribution is 9.10. The van der Waals surface area contributed by atoms with Gasteiger partial charge >= 0.3 is 0 Å². The largest absolute Gasteiger partial charge is 0.316 e. The number of benzene rings is 1. The molecule has 0 heterocycles. The molecule has 2 N–H and O–H groups in total. The van der Waals surface area contributed by atoms with Crippen molar-refractivity contribution in [3.8, 4) is 0 Å². The first-order chi connectivity index (χ1) is 8.85. The van der Waals surface area contributed by atoms with Gasteiger partial charge in [0.05, 0.1) is 15.9 Å². The summed E-state index contributed by atoms with van der Waals surface area (Å²) in [4.78, 5) is 0. The first-order valence-electron chi connectivity index (χ1n) is 6.02. The maximum atomic E-state index is 13.4. The van der Waals surface area contributed by atoms with Crippen LogP contribution in [-0.4, -0.2) is 27.3 Å². The van der Waals surface area contributed by atoms with E-state index in [1.54, 1.807) is 13.0 Å². The number of hydrogen-bond donors (Lipinski definition) is 2. The molecule has 0 spiro atoms. The fourth-order valence-electron chi connectivity index (χ4n) is 1.48. The molecule has 0 aliphatic heterocycles. The third-order valence-corrected chi connectivity index (χ3v) is 4.39. The minimum Gasteiger partial charge on any atom is -0.316 e. The maximum Gasteiger partial charge on any atom is 0.233 e. The summed E-state index contributed by atoms with van der Waals surface area (Å²) in [5.41, 5.74) is 0.939. The number of anilines is 1. The Kier molecular flexibility index (Phi) is 6.22. The molecule has 0 saturated heterocycles. The van der Waals surface area contributed by atoms with Crippen LogP contribution in [0.5, 0.6) is 0 Å². The van der Waals surface area contributed by atoms with E-state index < -0.39 is 15.8 Å². The quantitative estimate of drug-likeness (QED) is 0.741. The summed E-state index contributed by atoms with van der Waals surface area (Å²) in [6.07, 6.45) is 0.949. The molecule has 0 amide bonds. The second-order valence-corrected chi connectivity index (χ2v) is 6.95. The first-order valence-corrected chi connectivity index (χ1v) is 8.47. The molecule has 1 aromatic rings. The van der Waals surface area contributed by atoms with Gasteiger partial charge in [0.2, 0.25) is 10.0 Å². The lowest BCUT2D eigenvalue weighted by Crippen LogP contribution is -2.27. The van der Waals surface area contributed by atoms with Gasteiger partial charge in [0.15, 0.2) is 0 Å². The van der Waals surface area contributed by atoms with Crippen LogP contribution in [0.1, 0.15) is 18.9 Å². The van der Waals surface area contributed by atoms with Gasteiger partial charge in [-0.2, -0.15) is 0 Å². The number of sulfonamides is 1. The van der Waals surface area contributed by atoms with E-state index in [9.17, 15) is 12.8 Å². The van der Waals surface area contributed by atoms with Crippen LogP contribution in [0.15, 0.2) is 16.6 Å². The summed E-state index contributed by atoms with van der Waals surface area (Å²) < 4.78 is 39.8. The number of halogens is 2. The highest BCUT2D eigenvalue weighted by Gasteiger charge is 2.13. The summed E-state index contributed by atoms with van der Waals surface area (Å²) in [5.74, 6) is -0.531. The molecule has 19 heavy (non-hydrogen) atoms. The van der Waals surface area contributed by atoms with E-state index in [0.717, 1.165) is 13.0 Å². The summed E-state index contributed by atoms with van der Waals surface area (Å²) in [7, 11) is -3.46. The standard InChI is InChI=1S/C12H18BrFN2O2S/c1-3-4-15-5-6-19(17,18)16-12-8-11(14)10(13)7-9(12)2/h7-8,15-16H,3-6H2,1-2H3. The highest BCUT2D eigenvalue weighted by atomic mass is 79.9. The van der Waals surface area contributed by atoms with Crippen molar-refractivity contribution >= 4 is 31.6 Å². The molecule has 7 heteroatoms. The highest BCUT2D eigenvalue weighted by Crippen LogP contribution is 2.24. The van der Waals surface area contributed by atoms with Crippen LogP contribution in [0.25, 0.3) is 0 Å². The van der Waals surface area contributed by atoms with Crippen molar-refractivity contribution in [2.75, 3.05) is 23.6 Å². The molecule has 0 atom stereocenters. The fourth-order valence-corrected chi connectivity index (χ4v) is 3.01. The molecule has 1 aromatic carbocycles. The van der Waals surface area contributed by atoms with Gasteiger partial charge in [-0.1, -0.05) is 6.92 Å². The molecule has 4 nitrogen and oxygen atoms in total. The lowest BCUT2D eigenvalue weighted by molar-refractivity contribution is 0.595. The van der Waals surface area contributed by atoms with Gasteiger partial charge in [0.1, 0.15) is 5.82 Å². The second kappa shape index (κ2) is 7.21. The Bertz CT molecular complexity index is 535. The molecule has 0 unspecified atom stereocenters. The van der Waals surface area contributed by atoms with E-state index in [1.807, 2.05) is 6.92 Å². The maximum absolute atomic E-state index is 13.4. The number of hydrogen-bond acceptors (Lipinski definition) is 3. The molecule has 1 rings (SSSR count). The normalized spacial score (nSPS) is 11.6. The number of rotatable bonds is 7. The molecule has 0 saturated carbocycles. The SMILES string of the molecule is CCCNCCS(=O)(=O)Nc1cc(F)c(Br)cc1C. The van der Waals surface area contributed by atoms with E-state index in [2.05, 4.69) is 26.0 Å². The zero-order chi connectivity index (χ0) is 14.5. The zero-order valence-electron chi connectivity index (χ0n) is 11.0. The molecule has 0 aliphatic rings. The van der Waals surface area contributed by atoms with Gasteiger partial charge in [-0.15, -0.1) is 0 Å². The topological polar surface area (TPSA) is 58.2 Å². The number of nitrogens with one attached hydrogen (secondary N) is 2. The van der Waals surface area contributed by atoms with Crippen molar-refractivity contribution in [1.82, 2.24) is 5.32 Å². The lowest BCUT2D eigenvalue weighted by atomic mass is 10.2. The third-order valence-electron chi connectivity index (χ3n) is 2.51. The summed E-state index contributed by atoms with van der Waals surface area (Å²) in [6, 6.07) is 2.72. The monoisotopic (exact) mass is 352 g/mol.